The van der Waals surface area contributed by atoms with Crippen LogP contribution in [0.5, 0.6) is 0 Å². The third-order valence-corrected chi connectivity index (χ3v) is 3.55. The molecule has 1 aromatic heterocycles. The van der Waals surface area contributed by atoms with Crippen LogP contribution in [-0.4, -0.2) is 17.9 Å². The Bertz CT molecular complexity index is 601. The number of hydrogen-bond acceptors (Lipinski definition) is 3. The van der Waals surface area contributed by atoms with Crippen LogP contribution in [0.1, 0.15) is 15.9 Å². The Morgan fingerprint density at radius 2 is 2.05 bits per heavy atom. The lowest BCUT2D eigenvalue weighted by Crippen LogP contribution is -2.23. The van der Waals surface area contributed by atoms with Crippen LogP contribution in [0.25, 0.3) is 0 Å². The number of pyridine rings is 1. The number of carbonyl (C=O) groups is 1. The van der Waals surface area contributed by atoms with Gasteiger partial charge in [-0.25, -0.2) is 4.98 Å². The minimum Gasteiger partial charge on any atom is -0.365 e. The van der Waals surface area contributed by atoms with Crippen molar-refractivity contribution in [3.05, 3.63) is 58.2 Å². The van der Waals surface area contributed by atoms with E-state index in [1.807, 2.05) is 36.2 Å². The summed E-state index contributed by atoms with van der Waals surface area (Å²) in [5, 5.41) is 0. The Hall–Kier alpha value is -1.88. The lowest BCUT2D eigenvalue weighted by molar-refractivity contribution is 0.100. The van der Waals surface area contributed by atoms with Crippen LogP contribution in [0, 0.1) is 0 Å². The van der Waals surface area contributed by atoms with Gasteiger partial charge in [0.1, 0.15) is 5.82 Å². The lowest BCUT2D eigenvalue weighted by Gasteiger charge is -2.20. The molecule has 2 N–H and O–H groups in total. The average molecular weight is 320 g/mol. The predicted molar refractivity (Wildman–Crippen MR) is 79.0 cm³/mol. The van der Waals surface area contributed by atoms with Crippen LogP contribution < -0.4 is 10.6 Å². The van der Waals surface area contributed by atoms with Crippen LogP contribution in [-0.2, 0) is 6.54 Å². The maximum atomic E-state index is 11.4. The molecule has 5 heteroatoms. The van der Waals surface area contributed by atoms with Crippen molar-refractivity contribution in [3.63, 3.8) is 0 Å². The average Bonchev–Trinajstić information content (AvgIpc) is 2.41. The molecule has 0 unspecified atom stereocenters. The van der Waals surface area contributed by atoms with Crippen LogP contribution in [0.3, 0.4) is 0 Å². The summed E-state index contributed by atoms with van der Waals surface area (Å²) in [6.45, 7) is 0.638. The van der Waals surface area contributed by atoms with E-state index in [1.54, 1.807) is 18.3 Å². The van der Waals surface area contributed by atoms with E-state index in [1.165, 1.54) is 0 Å². The molecule has 0 atom stereocenters. The first kappa shape index (κ1) is 13.5. The van der Waals surface area contributed by atoms with Gasteiger partial charge in [0.25, 0.3) is 5.91 Å². The van der Waals surface area contributed by atoms with Crippen LogP contribution in [0.15, 0.2) is 47.1 Å². The smallest absolute Gasteiger partial charge is 0.252 e. The number of benzene rings is 1. The maximum Gasteiger partial charge on any atom is 0.252 e. The Morgan fingerprint density at radius 3 is 2.74 bits per heavy atom. The Morgan fingerprint density at radius 1 is 1.32 bits per heavy atom. The summed E-state index contributed by atoms with van der Waals surface area (Å²) < 4.78 is 1.03. The fourth-order valence-corrected chi connectivity index (χ4v) is 2.26. The highest BCUT2D eigenvalue weighted by molar-refractivity contribution is 9.10. The maximum absolute atomic E-state index is 11.4. The predicted octanol–water partition coefficient (Wildman–Crippen LogP) is 2.58. The normalized spacial score (nSPS) is 10.2. The quantitative estimate of drug-likeness (QED) is 0.942. The molecule has 2 aromatic rings. The minimum absolute atomic E-state index is 0.428. The molecule has 0 fully saturated rings. The monoisotopic (exact) mass is 319 g/mol. The lowest BCUT2D eigenvalue weighted by atomic mass is 10.2. The second kappa shape index (κ2) is 5.84. The molecule has 4 nitrogen and oxygen atoms in total. The zero-order valence-corrected chi connectivity index (χ0v) is 12.1. The highest BCUT2D eigenvalue weighted by atomic mass is 79.9. The van der Waals surface area contributed by atoms with Crippen molar-refractivity contribution in [2.75, 3.05) is 11.9 Å². The molecule has 0 saturated carbocycles. The van der Waals surface area contributed by atoms with Crippen LogP contribution >= 0.6 is 15.9 Å². The molecule has 0 saturated heterocycles. The zero-order valence-electron chi connectivity index (χ0n) is 10.5. The number of halogens is 1. The van der Waals surface area contributed by atoms with Crippen molar-refractivity contribution < 1.29 is 4.79 Å². The van der Waals surface area contributed by atoms with Gasteiger partial charge in [0.15, 0.2) is 0 Å². The summed E-state index contributed by atoms with van der Waals surface area (Å²) in [5.41, 5.74) is 6.91. The Kier molecular flexibility index (Phi) is 4.16. The van der Waals surface area contributed by atoms with Crippen molar-refractivity contribution in [3.8, 4) is 0 Å². The van der Waals surface area contributed by atoms with E-state index >= 15 is 0 Å². The molecule has 0 spiro atoms. The van der Waals surface area contributed by atoms with Crippen LogP contribution in [0.2, 0.25) is 0 Å². The molecule has 1 aromatic carbocycles. The van der Waals surface area contributed by atoms with Crippen molar-refractivity contribution in [1.29, 1.82) is 0 Å². The first-order chi connectivity index (χ1) is 9.09. The van der Waals surface area contributed by atoms with Gasteiger partial charge in [0, 0.05) is 24.3 Å². The molecule has 0 aliphatic heterocycles. The van der Waals surface area contributed by atoms with E-state index in [4.69, 9.17) is 5.73 Å². The largest absolute Gasteiger partial charge is 0.365 e. The molecule has 0 bridgehead atoms. The summed E-state index contributed by atoms with van der Waals surface area (Å²) in [6, 6.07) is 11.3. The van der Waals surface area contributed by atoms with Gasteiger partial charge in [0.05, 0.1) is 5.56 Å². The number of aromatic nitrogens is 1. The van der Waals surface area contributed by atoms with Gasteiger partial charge in [-0.3, -0.25) is 4.79 Å². The topological polar surface area (TPSA) is 59.2 Å². The highest BCUT2D eigenvalue weighted by Crippen LogP contribution is 2.21. The molecule has 2 rings (SSSR count). The molecular weight excluding hydrogens is 306 g/mol. The van der Waals surface area contributed by atoms with E-state index in [0.717, 1.165) is 10.0 Å². The highest BCUT2D eigenvalue weighted by Gasteiger charge is 2.13. The first-order valence-electron chi connectivity index (χ1n) is 5.79. The fraction of sp³-hybridized carbons (Fsp3) is 0.143. The van der Waals surface area contributed by atoms with E-state index in [-0.39, 0.29) is 0 Å². The van der Waals surface area contributed by atoms with Gasteiger partial charge in [-0.1, -0.05) is 34.1 Å². The van der Waals surface area contributed by atoms with Gasteiger partial charge >= 0.3 is 0 Å². The van der Waals surface area contributed by atoms with E-state index in [0.29, 0.717) is 17.9 Å². The van der Waals surface area contributed by atoms with Gasteiger partial charge in [-0.15, -0.1) is 0 Å². The summed E-state index contributed by atoms with van der Waals surface area (Å²) in [4.78, 5) is 17.5. The number of hydrogen-bond donors (Lipinski definition) is 1. The second-order valence-corrected chi connectivity index (χ2v) is 5.04. The summed E-state index contributed by atoms with van der Waals surface area (Å²) in [5.74, 6) is 0.118. The van der Waals surface area contributed by atoms with Gasteiger partial charge in [-0.2, -0.15) is 0 Å². The molecule has 1 heterocycles. The van der Waals surface area contributed by atoms with Crippen LogP contribution in [0.4, 0.5) is 5.82 Å². The molecular formula is C14H14BrN3O. The van der Waals surface area contributed by atoms with Crippen molar-refractivity contribution >= 4 is 27.7 Å². The first-order valence-corrected chi connectivity index (χ1v) is 6.58. The van der Waals surface area contributed by atoms with Crippen molar-refractivity contribution in [2.24, 2.45) is 5.73 Å². The third-order valence-electron chi connectivity index (χ3n) is 2.78. The minimum atomic E-state index is -0.470. The molecule has 0 aliphatic rings. The van der Waals surface area contributed by atoms with E-state index in [2.05, 4.69) is 20.9 Å². The molecule has 98 valence electrons. The zero-order chi connectivity index (χ0) is 13.8. The fourth-order valence-electron chi connectivity index (χ4n) is 1.85. The summed E-state index contributed by atoms with van der Waals surface area (Å²) in [7, 11) is 1.88. The number of rotatable bonds is 4. The number of nitrogens with zero attached hydrogens (tertiary/aromatic N) is 2. The van der Waals surface area contributed by atoms with E-state index < -0.39 is 5.91 Å². The standard InChI is InChI=1S/C14H14BrN3O/c1-18(9-10-5-2-3-7-12(10)15)14-11(13(16)19)6-4-8-17-14/h2-8H,9H2,1H3,(H2,16,19). The van der Waals surface area contributed by atoms with Gasteiger partial charge in [0.2, 0.25) is 0 Å². The summed E-state index contributed by atoms with van der Waals surface area (Å²) in [6.07, 6.45) is 1.65. The Labute approximate surface area is 120 Å². The molecule has 0 aliphatic carbocycles. The van der Waals surface area contributed by atoms with Crippen molar-refractivity contribution in [2.45, 2.75) is 6.54 Å². The van der Waals surface area contributed by atoms with Gasteiger partial charge < -0.3 is 10.6 Å². The second-order valence-electron chi connectivity index (χ2n) is 4.19. The SMILES string of the molecule is CN(Cc1ccccc1Br)c1ncccc1C(N)=O. The molecule has 0 radical (unpaired) electrons. The molecule has 19 heavy (non-hydrogen) atoms. The summed E-state index contributed by atoms with van der Waals surface area (Å²) >= 11 is 3.51. The third kappa shape index (κ3) is 3.12. The van der Waals surface area contributed by atoms with Crippen molar-refractivity contribution in [1.82, 2.24) is 4.98 Å². The van der Waals surface area contributed by atoms with Gasteiger partial charge in [-0.05, 0) is 23.8 Å². The number of primary amides is 1. The number of anilines is 1. The number of carbonyl (C=O) groups excluding carboxylic acids is 1. The van der Waals surface area contributed by atoms with E-state index in [9.17, 15) is 4.79 Å². The Balaban J connectivity index is 2.28. The number of nitrogens with two attached hydrogens (primary N) is 1. The number of amides is 1. The molecule has 1 amide bonds.